The number of benzene rings is 1. The zero-order valence-electron chi connectivity index (χ0n) is 15.4. The highest BCUT2D eigenvalue weighted by Crippen LogP contribution is 2.25. The zero-order chi connectivity index (χ0) is 18.2. The number of carbonyl (C=O) groups is 1. The van der Waals surface area contributed by atoms with Crippen LogP contribution in [0.25, 0.3) is 0 Å². The van der Waals surface area contributed by atoms with Crippen LogP contribution in [0.1, 0.15) is 28.8 Å². The van der Waals surface area contributed by atoms with E-state index in [1.54, 1.807) is 19.4 Å². The summed E-state index contributed by atoms with van der Waals surface area (Å²) in [6.07, 6.45) is 5.17. The number of hydrogen-bond acceptors (Lipinski definition) is 4. The van der Waals surface area contributed by atoms with Gasteiger partial charge in [-0.15, -0.1) is 0 Å². The molecule has 0 spiro atoms. The number of amides is 1. The molecule has 1 N–H and O–H groups in total. The van der Waals surface area contributed by atoms with Crippen molar-refractivity contribution in [1.29, 1.82) is 0 Å². The number of pyridine rings is 1. The molecule has 0 aliphatic carbocycles. The van der Waals surface area contributed by atoms with Crippen molar-refractivity contribution in [3.05, 3.63) is 59.8 Å². The van der Waals surface area contributed by atoms with Crippen molar-refractivity contribution < 1.29 is 9.53 Å². The van der Waals surface area contributed by atoms with E-state index in [2.05, 4.69) is 45.5 Å². The number of anilines is 1. The number of methoxy groups -OCH3 is 1. The third-order valence-corrected chi connectivity index (χ3v) is 4.91. The van der Waals surface area contributed by atoms with Gasteiger partial charge in [0.1, 0.15) is 5.82 Å². The normalized spacial score (nSPS) is 15.0. The lowest BCUT2D eigenvalue weighted by Gasteiger charge is -2.33. The van der Waals surface area contributed by atoms with Crippen LogP contribution in [0.3, 0.4) is 0 Å². The van der Waals surface area contributed by atoms with Gasteiger partial charge < -0.3 is 15.0 Å². The van der Waals surface area contributed by atoms with Crippen LogP contribution in [-0.2, 0) is 11.2 Å². The second kappa shape index (κ2) is 9.34. The molecule has 1 saturated heterocycles. The molecule has 0 bridgehead atoms. The standard InChI is InChI=1S/C21H27N3O2/c1-26-14-11-23-21(25)19-7-10-22-20(16-19)24-12-8-18(9-13-24)15-17-5-3-2-4-6-17/h2-7,10,16,18H,8-9,11-15H2,1H3,(H,23,25). The van der Waals surface area contributed by atoms with Crippen molar-refractivity contribution in [3.8, 4) is 0 Å². The summed E-state index contributed by atoms with van der Waals surface area (Å²) in [5, 5.41) is 2.85. The van der Waals surface area contributed by atoms with Crippen LogP contribution in [0.5, 0.6) is 0 Å². The summed E-state index contributed by atoms with van der Waals surface area (Å²) < 4.78 is 4.96. The fourth-order valence-corrected chi connectivity index (χ4v) is 3.41. The van der Waals surface area contributed by atoms with E-state index in [4.69, 9.17) is 4.74 Å². The Morgan fingerprint density at radius 2 is 2.00 bits per heavy atom. The van der Waals surface area contributed by atoms with Crippen molar-refractivity contribution >= 4 is 11.7 Å². The molecule has 0 unspecified atom stereocenters. The molecule has 2 aromatic rings. The van der Waals surface area contributed by atoms with Crippen LogP contribution in [0.4, 0.5) is 5.82 Å². The summed E-state index contributed by atoms with van der Waals surface area (Å²) in [4.78, 5) is 19.0. The second-order valence-electron chi connectivity index (χ2n) is 6.77. The molecule has 5 heteroatoms. The molecule has 138 valence electrons. The second-order valence-corrected chi connectivity index (χ2v) is 6.77. The number of nitrogens with zero attached hydrogens (tertiary/aromatic N) is 2. The SMILES string of the molecule is COCCNC(=O)c1ccnc(N2CCC(Cc3ccccc3)CC2)c1. The largest absolute Gasteiger partial charge is 0.383 e. The van der Waals surface area contributed by atoms with Crippen molar-refractivity contribution in [2.45, 2.75) is 19.3 Å². The summed E-state index contributed by atoms with van der Waals surface area (Å²) in [5.41, 5.74) is 2.07. The van der Waals surface area contributed by atoms with Crippen molar-refractivity contribution in [2.24, 2.45) is 5.92 Å². The van der Waals surface area contributed by atoms with E-state index >= 15 is 0 Å². The zero-order valence-corrected chi connectivity index (χ0v) is 15.4. The van der Waals surface area contributed by atoms with Crippen molar-refractivity contribution in [1.82, 2.24) is 10.3 Å². The molecule has 26 heavy (non-hydrogen) atoms. The van der Waals surface area contributed by atoms with E-state index in [0.29, 0.717) is 24.6 Å². The molecule has 2 heterocycles. The molecule has 5 nitrogen and oxygen atoms in total. The number of carbonyl (C=O) groups excluding carboxylic acids is 1. The van der Waals surface area contributed by atoms with Gasteiger partial charge in [-0.1, -0.05) is 30.3 Å². The molecule has 0 atom stereocenters. The summed E-state index contributed by atoms with van der Waals surface area (Å²) in [6.45, 7) is 3.00. The number of hydrogen-bond donors (Lipinski definition) is 1. The minimum atomic E-state index is -0.0790. The first kappa shape index (κ1) is 18.4. The Bertz CT molecular complexity index is 697. The molecule has 1 fully saturated rings. The molecule has 1 aliphatic heterocycles. The highest BCUT2D eigenvalue weighted by atomic mass is 16.5. The molecule has 0 radical (unpaired) electrons. The number of aromatic nitrogens is 1. The van der Waals surface area contributed by atoms with E-state index in [0.717, 1.165) is 38.2 Å². The van der Waals surface area contributed by atoms with E-state index < -0.39 is 0 Å². The van der Waals surface area contributed by atoms with Crippen molar-refractivity contribution in [3.63, 3.8) is 0 Å². The van der Waals surface area contributed by atoms with Crippen LogP contribution in [0.15, 0.2) is 48.7 Å². The summed E-state index contributed by atoms with van der Waals surface area (Å²) in [7, 11) is 1.62. The van der Waals surface area contributed by atoms with Crippen molar-refractivity contribution in [2.75, 3.05) is 38.3 Å². The highest BCUT2D eigenvalue weighted by Gasteiger charge is 2.21. The fraction of sp³-hybridized carbons (Fsp3) is 0.429. The van der Waals surface area contributed by atoms with Gasteiger partial charge in [0, 0.05) is 38.5 Å². The first-order valence-corrected chi connectivity index (χ1v) is 9.28. The van der Waals surface area contributed by atoms with E-state index in [1.807, 2.05) is 6.07 Å². The Morgan fingerprint density at radius 1 is 1.23 bits per heavy atom. The minimum Gasteiger partial charge on any atom is -0.383 e. The number of piperidine rings is 1. The van der Waals surface area contributed by atoms with Crippen LogP contribution in [0.2, 0.25) is 0 Å². The minimum absolute atomic E-state index is 0.0790. The molecule has 1 aliphatic rings. The molecule has 1 amide bonds. The van der Waals surface area contributed by atoms with Gasteiger partial charge in [0.2, 0.25) is 0 Å². The maximum absolute atomic E-state index is 12.2. The van der Waals surface area contributed by atoms with Gasteiger partial charge in [-0.05, 0) is 42.9 Å². The number of nitrogens with one attached hydrogen (secondary N) is 1. The van der Waals surface area contributed by atoms with Crippen LogP contribution >= 0.6 is 0 Å². The van der Waals surface area contributed by atoms with Gasteiger partial charge >= 0.3 is 0 Å². The predicted molar refractivity (Wildman–Crippen MR) is 104 cm³/mol. The molecule has 1 aromatic carbocycles. The summed E-state index contributed by atoms with van der Waals surface area (Å²) >= 11 is 0. The Labute approximate surface area is 155 Å². The maximum Gasteiger partial charge on any atom is 0.251 e. The van der Waals surface area contributed by atoms with E-state index in [-0.39, 0.29) is 5.91 Å². The lowest BCUT2D eigenvalue weighted by atomic mass is 9.90. The average Bonchev–Trinajstić information content (AvgIpc) is 2.69. The number of ether oxygens (including phenoxy) is 1. The summed E-state index contributed by atoms with van der Waals surface area (Å²) in [6, 6.07) is 14.3. The average molecular weight is 353 g/mol. The fourth-order valence-electron chi connectivity index (χ4n) is 3.41. The monoisotopic (exact) mass is 353 g/mol. The predicted octanol–water partition coefficient (Wildman–Crippen LogP) is 2.92. The quantitative estimate of drug-likeness (QED) is 0.778. The van der Waals surface area contributed by atoms with Crippen LogP contribution in [0, 0.1) is 5.92 Å². The van der Waals surface area contributed by atoms with E-state index in [1.165, 1.54) is 5.56 Å². The molecular weight excluding hydrogens is 326 g/mol. The van der Waals surface area contributed by atoms with Gasteiger partial charge in [-0.25, -0.2) is 4.98 Å². The summed E-state index contributed by atoms with van der Waals surface area (Å²) in [5.74, 6) is 1.53. The first-order chi connectivity index (χ1) is 12.8. The topological polar surface area (TPSA) is 54.5 Å². The van der Waals surface area contributed by atoms with Crippen LogP contribution in [-0.4, -0.2) is 44.2 Å². The lowest BCUT2D eigenvalue weighted by molar-refractivity contribution is 0.0937. The van der Waals surface area contributed by atoms with Gasteiger partial charge in [-0.2, -0.15) is 0 Å². The third-order valence-electron chi connectivity index (χ3n) is 4.91. The molecule has 1 aromatic heterocycles. The maximum atomic E-state index is 12.2. The Morgan fingerprint density at radius 3 is 2.73 bits per heavy atom. The lowest BCUT2D eigenvalue weighted by Crippen LogP contribution is -2.35. The molecule has 0 saturated carbocycles. The van der Waals surface area contributed by atoms with E-state index in [9.17, 15) is 4.79 Å². The Balaban J connectivity index is 1.54. The Kier molecular flexibility index (Phi) is 6.61. The first-order valence-electron chi connectivity index (χ1n) is 9.28. The van der Waals surface area contributed by atoms with Crippen LogP contribution < -0.4 is 10.2 Å². The van der Waals surface area contributed by atoms with Gasteiger partial charge in [0.05, 0.1) is 6.61 Å². The van der Waals surface area contributed by atoms with Gasteiger partial charge in [-0.3, -0.25) is 4.79 Å². The third kappa shape index (κ3) is 5.05. The van der Waals surface area contributed by atoms with Gasteiger partial charge in [0.15, 0.2) is 0 Å². The highest BCUT2D eigenvalue weighted by molar-refractivity contribution is 5.94. The Hall–Kier alpha value is -2.40. The number of rotatable bonds is 7. The van der Waals surface area contributed by atoms with Gasteiger partial charge in [0.25, 0.3) is 5.91 Å². The smallest absolute Gasteiger partial charge is 0.251 e. The molecule has 3 rings (SSSR count). The molecular formula is C21H27N3O2.